The van der Waals surface area contributed by atoms with Gasteiger partial charge in [0.2, 0.25) is 0 Å². The van der Waals surface area contributed by atoms with Crippen molar-refractivity contribution in [3.63, 3.8) is 0 Å². The lowest BCUT2D eigenvalue weighted by atomic mass is 10.1. The number of nitrogens with zero attached hydrogens (tertiary/aromatic N) is 2. The lowest BCUT2D eigenvalue weighted by Gasteiger charge is -2.10. The van der Waals surface area contributed by atoms with Gasteiger partial charge >= 0.3 is 0 Å². The van der Waals surface area contributed by atoms with Crippen molar-refractivity contribution < 1.29 is 4.79 Å². The molecule has 2 heterocycles. The van der Waals surface area contributed by atoms with Gasteiger partial charge in [0, 0.05) is 23.0 Å². The van der Waals surface area contributed by atoms with E-state index in [9.17, 15) is 4.79 Å². The Kier molecular flexibility index (Phi) is 3.83. The smallest absolute Gasteiger partial charge is 0.265 e. The van der Waals surface area contributed by atoms with Crippen molar-refractivity contribution in [2.24, 2.45) is 0 Å². The van der Waals surface area contributed by atoms with E-state index in [1.54, 1.807) is 6.20 Å². The first-order valence-corrected chi connectivity index (χ1v) is 7.47. The Morgan fingerprint density at radius 3 is 2.81 bits per heavy atom. The lowest BCUT2D eigenvalue weighted by Crippen LogP contribution is -2.13. The van der Waals surface area contributed by atoms with E-state index < -0.39 is 0 Å². The number of para-hydroxylation sites is 1. The Hall–Kier alpha value is -2.40. The second-order valence-electron chi connectivity index (χ2n) is 4.73. The minimum absolute atomic E-state index is 0.0685. The number of hydrogen-bond acceptors (Lipinski definition) is 3. The normalized spacial score (nSPS) is 10.5. The van der Waals surface area contributed by atoms with Crippen LogP contribution in [0.3, 0.4) is 0 Å². The second kappa shape index (κ2) is 5.93. The average molecular weight is 297 g/mol. The van der Waals surface area contributed by atoms with Crippen molar-refractivity contribution in [1.29, 1.82) is 0 Å². The Balaban J connectivity index is 1.80. The molecule has 1 amide bonds. The summed E-state index contributed by atoms with van der Waals surface area (Å²) in [5, 5.41) is 7.18. The molecule has 0 fully saturated rings. The number of rotatable bonds is 4. The van der Waals surface area contributed by atoms with Crippen LogP contribution in [-0.4, -0.2) is 15.7 Å². The van der Waals surface area contributed by atoms with Gasteiger partial charge in [0.05, 0.1) is 11.4 Å². The zero-order valence-electron chi connectivity index (χ0n) is 11.6. The number of aryl methyl sites for hydroxylation is 1. The molecule has 2 aromatic heterocycles. The van der Waals surface area contributed by atoms with Crippen molar-refractivity contribution in [2.45, 2.75) is 13.5 Å². The van der Waals surface area contributed by atoms with Gasteiger partial charge in [-0.2, -0.15) is 5.10 Å². The van der Waals surface area contributed by atoms with E-state index in [2.05, 4.69) is 10.4 Å². The maximum Gasteiger partial charge on any atom is 0.265 e. The van der Waals surface area contributed by atoms with Crippen LogP contribution in [0.15, 0.2) is 54.9 Å². The molecule has 0 aliphatic carbocycles. The molecule has 0 saturated carbocycles. The van der Waals surface area contributed by atoms with Crippen LogP contribution in [0.25, 0.3) is 0 Å². The molecule has 0 bridgehead atoms. The lowest BCUT2D eigenvalue weighted by molar-refractivity contribution is 0.103. The van der Waals surface area contributed by atoms with E-state index >= 15 is 0 Å². The number of anilines is 1. The van der Waals surface area contributed by atoms with Crippen LogP contribution < -0.4 is 5.32 Å². The molecule has 106 valence electrons. The van der Waals surface area contributed by atoms with E-state index in [1.807, 2.05) is 60.3 Å². The fourth-order valence-electron chi connectivity index (χ4n) is 2.09. The van der Waals surface area contributed by atoms with Gasteiger partial charge in [0.1, 0.15) is 0 Å². The van der Waals surface area contributed by atoms with E-state index in [1.165, 1.54) is 11.3 Å². The number of hydrogen-bond donors (Lipinski definition) is 1. The van der Waals surface area contributed by atoms with Gasteiger partial charge in [0.15, 0.2) is 0 Å². The Labute approximate surface area is 127 Å². The van der Waals surface area contributed by atoms with Crippen molar-refractivity contribution in [3.05, 3.63) is 70.2 Å². The fourth-order valence-corrected chi connectivity index (χ4v) is 2.85. The van der Waals surface area contributed by atoms with E-state index in [0.717, 1.165) is 21.0 Å². The van der Waals surface area contributed by atoms with Crippen LogP contribution in [0.5, 0.6) is 0 Å². The maximum absolute atomic E-state index is 12.3. The van der Waals surface area contributed by atoms with Gasteiger partial charge in [0.25, 0.3) is 5.91 Å². The van der Waals surface area contributed by atoms with Gasteiger partial charge in [-0.3, -0.25) is 9.48 Å². The summed E-state index contributed by atoms with van der Waals surface area (Å²) >= 11 is 1.50. The third-order valence-electron chi connectivity index (χ3n) is 3.12. The predicted octanol–water partition coefficient (Wildman–Crippen LogP) is 3.55. The molecule has 4 nitrogen and oxygen atoms in total. The highest BCUT2D eigenvalue weighted by atomic mass is 32.1. The monoisotopic (exact) mass is 297 g/mol. The molecule has 3 aromatic rings. The van der Waals surface area contributed by atoms with Crippen LogP contribution in [0.1, 0.15) is 20.1 Å². The highest BCUT2D eigenvalue weighted by Gasteiger charge is 2.11. The fraction of sp³-hybridized carbons (Fsp3) is 0.125. The van der Waals surface area contributed by atoms with Crippen LogP contribution in [0.2, 0.25) is 0 Å². The Morgan fingerprint density at radius 1 is 1.24 bits per heavy atom. The summed E-state index contributed by atoms with van der Waals surface area (Å²) in [5.74, 6) is -0.0685. The Bertz CT molecular complexity index is 746. The molecule has 0 radical (unpaired) electrons. The molecule has 0 aliphatic heterocycles. The molecule has 21 heavy (non-hydrogen) atoms. The zero-order valence-corrected chi connectivity index (χ0v) is 12.4. The molecule has 0 atom stereocenters. The van der Waals surface area contributed by atoms with Crippen molar-refractivity contribution in [3.8, 4) is 0 Å². The summed E-state index contributed by atoms with van der Waals surface area (Å²) < 4.78 is 1.83. The first kappa shape index (κ1) is 13.6. The zero-order chi connectivity index (χ0) is 14.7. The van der Waals surface area contributed by atoms with E-state index in [-0.39, 0.29) is 5.91 Å². The van der Waals surface area contributed by atoms with Crippen molar-refractivity contribution in [1.82, 2.24) is 9.78 Å². The van der Waals surface area contributed by atoms with Crippen molar-refractivity contribution >= 4 is 22.9 Å². The molecule has 5 heteroatoms. The number of benzene rings is 1. The van der Waals surface area contributed by atoms with Gasteiger partial charge in [-0.25, -0.2) is 0 Å². The first-order valence-electron chi connectivity index (χ1n) is 6.65. The molecule has 1 N–H and O–H groups in total. The van der Waals surface area contributed by atoms with Crippen molar-refractivity contribution in [2.75, 3.05) is 5.32 Å². The summed E-state index contributed by atoms with van der Waals surface area (Å²) in [7, 11) is 0. The van der Waals surface area contributed by atoms with Crippen LogP contribution in [-0.2, 0) is 6.54 Å². The standard InChI is InChI=1S/C16H15N3OS/c1-12-7-8-15(21-12)16(20)18-14-6-3-2-5-13(14)11-19-10-4-9-17-19/h2-10H,11H2,1H3,(H,18,20). The van der Waals surface area contributed by atoms with Gasteiger partial charge in [-0.15, -0.1) is 11.3 Å². The largest absolute Gasteiger partial charge is 0.321 e. The predicted molar refractivity (Wildman–Crippen MR) is 84.8 cm³/mol. The number of nitrogens with one attached hydrogen (secondary N) is 1. The molecule has 1 aromatic carbocycles. The van der Waals surface area contributed by atoms with Crippen LogP contribution >= 0.6 is 11.3 Å². The van der Waals surface area contributed by atoms with Crippen LogP contribution in [0, 0.1) is 6.92 Å². The Morgan fingerprint density at radius 2 is 2.10 bits per heavy atom. The average Bonchev–Trinajstić information content (AvgIpc) is 3.12. The van der Waals surface area contributed by atoms with E-state index in [0.29, 0.717) is 6.54 Å². The van der Waals surface area contributed by atoms with Gasteiger partial charge < -0.3 is 5.32 Å². The number of thiophene rings is 1. The van der Waals surface area contributed by atoms with Gasteiger partial charge in [-0.05, 0) is 36.8 Å². The molecule has 0 spiro atoms. The summed E-state index contributed by atoms with van der Waals surface area (Å²) in [6, 6.07) is 13.5. The molecule has 0 saturated heterocycles. The number of amides is 1. The minimum atomic E-state index is -0.0685. The SMILES string of the molecule is Cc1ccc(C(=O)Nc2ccccc2Cn2cccn2)s1. The molecule has 0 aliphatic rings. The summed E-state index contributed by atoms with van der Waals surface area (Å²) in [5.41, 5.74) is 1.85. The first-order chi connectivity index (χ1) is 10.2. The maximum atomic E-state index is 12.3. The highest BCUT2D eigenvalue weighted by molar-refractivity contribution is 7.14. The summed E-state index contributed by atoms with van der Waals surface area (Å²) in [6.07, 6.45) is 3.65. The number of aromatic nitrogens is 2. The van der Waals surface area contributed by atoms with Crippen LogP contribution in [0.4, 0.5) is 5.69 Å². The topological polar surface area (TPSA) is 46.9 Å². The minimum Gasteiger partial charge on any atom is -0.321 e. The van der Waals surface area contributed by atoms with E-state index in [4.69, 9.17) is 0 Å². The highest BCUT2D eigenvalue weighted by Crippen LogP contribution is 2.20. The second-order valence-corrected chi connectivity index (χ2v) is 6.01. The number of carbonyl (C=O) groups is 1. The third kappa shape index (κ3) is 3.20. The molecular weight excluding hydrogens is 282 g/mol. The molecular formula is C16H15N3OS. The third-order valence-corrected chi connectivity index (χ3v) is 4.12. The molecule has 3 rings (SSSR count). The summed E-state index contributed by atoms with van der Waals surface area (Å²) in [6.45, 7) is 2.63. The molecule has 0 unspecified atom stereocenters. The quantitative estimate of drug-likeness (QED) is 0.800. The number of carbonyl (C=O) groups excluding carboxylic acids is 1. The van der Waals surface area contributed by atoms with Gasteiger partial charge in [-0.1, -0.05) is 18.2 Å². The summed E-state index contributed by atoms with van der Waals surface area (Å²) in [4.78, 5) is 14.1.